The molecule has 0 N–H and O–H groups in total. The van der Waals surface area contributed by atoms with Gasteiger partial charge in [0.1, 0.15) is 12.0 Å². The third kappa shape index (κ3) is 5.23. The molecule has 4 aliphatic rings. The molecule has 0 radical (unpaired) electrons. The summed E-state index contributed by atoms with van der Waals surface area (Å²) >= 11 is 0. The minimum absolute atomic E-state index is 0.0682. The Morgan fingerprint density at radius 3 is 2.62 bits per heavy atom. The Labute approximate surface area is 217 Å². The van der Waals surface area contributed by atoms with Crippen molar-refractivity contribution in [1.29, 1.82) is 0 Å². The van der Waals surface area contributed by atoms with E-state index in [-0.39, 0.29) is 11.9 Å². The standard InChI is InChI=1S/C30H33N3O4/c34-30(28-11-6-18-35-28)33-25(13-12-24-9-4-5-10-27(24)33)20-31-14-16-32(17-15-31)29-22-36-26(21-37-29)19-23-7-2-1-3-8-23/h1-2,4-7,9-11,18,21-22,25H,3,8,12-17,19-20H2. The number of carbonyl (C=O) groups excluding carboxylic acids is 1. The van der Waals surface area contributed by atoms with Gasteiger partial charge in [0.2, 0.25) is 5.88 Å². The molecular weight excluding hydrogens is 466 g/mol. The van der Waals surface area contributed by atoms with Crippen molar-refractivity contribution in [2.45, 2.75) is 38.1 Å². The number of aryl methyl sites for hydroxylation is 1. The van der Waals surface area contributed by atoms with Crippen LogP contribution in [0.25, 0.3) is 0 Å². The van der Waals surface area contributed by atoms with E-state index in [4.69, 9.17) is 13.9 Å². The van der Waals surface area contributed by atoms with Crippen LogP contribution in [0.4, 0.5) is 5.69 Å². The Hall–Kier alpha value is -3.71. The molecule has 1 fully saturated rings. The number of anilines is 1. The second-order valence-electron chi connectivity index (χ2n) is 10.0. The van der Waals surface area contributed by atoms with E-state index in [1.807, 2.05) is 17.0 Å². The van der Waals surface area contributed by atoms with Crippen molar-refractivity contribution in [3.63, 3.8) is 0 Å². The average molecular weight is 500 g/mol. The highest BCUT2D eigenvalue weighted by Crippen LogP contribution is 2.33. The maximum Gasteiger partial charge on any atom is 0.294 e. The Kier molecular flexibility index (Phi) is 6.86. The SMILES string of the molecule is O=C(c1ccco1)N1c2ccccc2CCC1CN1CCN(C2=COC(CC3=CC=CCC3)=CO2)CC1. The van der Waals surface area contributed by atoms with E-state index in [0.29, 0.717) is 5.76 Å². The number of carbonyl (C=O) groups is 1. The van der Waals surface area contributed by atoms with Gasteiger partial charge in [0.25, 0.3) is 5.91 Å². The first-order chi connectivity index (χ1) is 18.2. The van der Waals surface area contributed by atoms with E-state index in [0.717, 1.165) is 82.2 Å². The normalized spacial score (nSPS) is 21.8. The number of rotatable bonds is 6. The molecule has 1 amide bonds. The predicted molar refractivity (Wildman–Crippen MR) is 141 cm³/mol. The lowest BCUT2D eigenvalue weighted by Gasteiger charge is -2.42. The van der Waals surface area contributed by atoms with Gasteiger partial charge in [-0.25, -0.2) is 0 Å². The zero-order chi connectivity index (χ0) is 25.0. The van der Waals surface area contributed by atoms with Crippen LogP contribution in [-0.4, -0.2) is 54.5 Å². The Balaban J connectivity index is 1.06. The largest absolute Gasteiger partial charge is 0.460 e. The number of hydrogen-bond acceptors (Lipinski definition) is 6. The summed E-state index contributed by atoms with van der Waals surface area (Å²) in [6.45, 7) is 4.33. The minimum atomic E-state index is -0.0682. The predicted octanol–water partition coefficient (Wildman–Crippen LogP) is 5.21. The summed E-state index contributed by atoms with van der Waals surface area (Å²) in [7, 11) is 0. The molecule has 2 aromatic rings. The van der Waals surface area contributed by atoms with Gasteiger partial charge in [-0.15, -0.1) is 0 Å². The Bertz CT molecular complexity index is 1240. The molecule has 0 spiro atoms. The van der Waals surface area contributed by atoms with Crippen molar-refractivity contribution < 1.29 is 18.7 Å². The molecule has 192 valence electrons. The van der Waals surface area contributed by atoms with Gasteiger partial charge in [-0.3, -0.25) is 9.69 Å². The van der Waals surface area contributed by atoms with E-state index < -0.39 is 0 Å². The number of ether oxygens (including phenoxy) is 2. The second-order valence-corrected chi connectivity index (χ2v) is 10.0. The number of para-hydroxylation sites is 1. The molecule has 3 aliphatic heterocycles. The lowest BCUT2D eigenvalue weighted by Crippen LogP contribution is -2.54. The zero-order valence-corrected chi connectivity index (χ0v) is 21.1. The summed E-state index contributed by atoms with van der Waals surface area (Å²) < 4.78 is 17.3. The van der Waals surface area contributed by atoms with E-state index in [1.54, 1.807) is 30.9 Å². The summed E-state index contributed by atoms with van der Waals surface area (Å²) in [6.07, 6.45) is 16.4. The lowest BCUT2D eigenvalue weighted by molar-refractivity contribution is 0.0773. The van der Waals surface area contributed by atoms with Crippen molar-refractivity contribution in [3.05, 3.63) is 102 Å². The first kappa shape index (κ1) is 23.7. The summed E-state index contributed by atoms with van der Waals surface area (Å²) in [5.41, 5.74) is 3.58. The molecule has 6 rings (SSSR count). The van der Waals surface area contributed by atoms with Crippen molar-refractivity contribution in [3.8, 4) is 0 Å². The van der Waals surface area contributed by atoms with Gasteiger partial charge in [-0.05, 0) is 49.4 Å². The Morgan fingerprint density at radius 2 is 1.86 bits per heavy atom. The van der Waals surface area contributed by atoms with Crippen molar-refractivity contribution in [2.75, 3.05) is 37.6 Å². The van der Waals surface area contributed by atoms with Crippen molar-refractivity contribution in [1.82, 2.24) is 9.80 Å². The van der Waals surface area contributed by atoms with Crippen LogP contribution in [0.3, 0.4) is 0 Å². The van der Waals surface area contributed by atoms with E-state index in [1.165, 1.54) is 11.1 Å². The smallest absolute Gasteiger partial charge is 0.294 e. The molecule has 37 heavy (non-hydrogen) atoms. The van der Waals surface area contributed by atoms with Crippen LogP contribution in [0.5, 0.6) is 0 Å². The topological polar surface area (TPSA) is 58.4 Å². The number of fused-ring (bicyclic) bond motifs is 1. The van der Waals surface area contributed by atoms with Crippen LogP contribution < -0.4 is 4.90 Å². The molecule has 1 aromatic carbocycles. The van der Waals surface area contributed by atoms with E-state index in [9.17, 15) is 4.79 Å². The van der Waals surface area contributed by atoms with E-state index >= 15 is 0 Å². The van der Waals surface area contributed by atoms with Crippen LogP contribution in [-0.2, 0) is 15.9 Å². The molecule has 4 heterocycles. The molecule has 0 saturated carbocycles. The summed E-state index contributed by atoms with van der Waals surface area (Å²) in [6, 6.07) is 11.8. The maximum atomic E-state index is 13.4. The van der Waals surface area contributed by atoms with Gasteiger partial charge in [0, 0.05) is 44.8 Å². The van der Waals surface area contributed by atoms with Crippen LogP contribution in [0.1, 0.15) is 41.8 Å². The number of furan rings is 1. The zero-order valence-electron chi connectivity index (χ0n) is 21.1. The highest BCUT2D eigenvalue weighted by Gasteiger charge is 2.34. The fraction of sp³-hybridized carbons (Fsp3) is 0.367. The number of hydrogen-bond donors (Lipinski definition) is 0. The molecule has 1 aromatic heterocycles. The molecular formula is C30H33N3O4. The van der Waals surface area contributed by atoms with Gasteiger partial charge in [-0.1, -0.05) is 42.0 Å². The number of benzene rings is 1. The summed E-state index contributed by atoms with van der Waals surface area (Å²) in [5, 5.41) is 0. The maximum absolute atomic E-state index is 13.4. The van der Waals surface area contributed by atoms with Crippen LogP contribution in [0, 0.1) is 0 Å². The second kappa shape index (κ2) is 10.7. The molecule has 7 heteroatoms. The van der Waals surface area contributed by atoms with Gasteiger partial charge in [0.05, 0.1) is 12.3 Å². The lowest BCUT2D eigenvalue weighted by atomic mass is 9.94. The van der Waals surface area contributed by atoms with Crippen LogP contribution >= 0.6 is 0 Å². The monoisotopic (exact) mass is 499 g/mol. The van der Waals surface area contributed by atoms with Gasteiger partial charge < -0.3 is 23.7 Å². The van der Waals surface area contributed by atoms with Crippen molar-refractivity contribution >= 4 is 11.6 Å². The Morgan fingerprint density at radius 1 is 0.973 bits per heavy atom. The number of amides is 1. The minimum Gasteiger partial charge on any atom is -0.460 e. The van der Waals surface area contributed by atoms with Gasteiger partial charge >= 0.3 is 0 Å². The third-order valence-electron chi connectivity index (χ3n) is 7.59. The molecule has 1 saturated heterocycles. The first-order valence-corrected chi connectivity index (χ1v) is 13.2. The third-order valence-corrected chi connectivity index (χ3v) is 7.59. The summed E-state index contributed by atoms with van der Waals surface area (Å²) in [5.74, 6) is 1.93. The number of piperazine rings is 1. The number of allylic oxidation sites excluding steroid dienone is 4. The molecule has 1 atom stereocenters. The summed E-state index contributed by atoms with van der Waals surface area (Å²) in [4.78, 5) is 20.1. The highest BCUT2D eigenvalue weighted by atomic mass is 16.6. The van der Waals surface area contributed by atoms with Gasteiger partial charge in [0.15, 0.2) is 12.0 Å². The fourth-order valence-electron chi connectivity index (χ4n) is 5.58. The molecule has 7 nitrogen and oxygen atoms in total. The fourth-order valence-corrected chi connectivity index (χ4v) is 5.58. The highest BCUT2D eigenvalue weighted by molar-refractivity contribution is 6.05. The average Bonchev–Trinajstić information content (AvgIpc) is 3.49. The number of nitrogens with zero attached hydrogens (tertiary/aromatic N) is 3. The molecule has 1 unspecified atom stereocenters. The van der Waals surface area contributed by atoms with Gasteiger partial charge in [-0.2, -0.15) is 0 Å². The van der Waals surface area contributed by atoms with E-state index in [2.05, 4.69) is 40.2 Å². The first-order valence-electron chi connectivity index (χ1n) is 13.2. The molecule has 0 bridgehead atoms. The van der Waals surface area contributed by atoms with Crippen LogP contribution in [0.15, 0.2) is 95.0 Å². The quantitative estimate of drug-likeness (QED) is 0.544. The molecule has 1 aliphatic carbocycles. The van der Waals surface area contributed by atoms with Crippen LogP contribution in [0.2, 0.25) is 0 Å². The van der Waals surface area contributed by atoms with Crippen molar-refractivity contribution in [2.24, 2.45) is 0 Å².